The van der Waals surface area contributed by atoms with Crippen LogP contribution in [0.15, 0.2) is 24.3 Å². The molecule has 0 heterocycles. The van der Waals surface area contributed by atoms with Crippen molar-refractivity contribution in [2.75, 3.05) is 5.32 Å². The Balaban J connectivity index is 2.03. The minimum Gasteiger partial charge on any atom is -0.391 e. The van der Waals surface area contributed by atoms with Crippen LogP contribution < -0.4 is 10.6 Å². The molecule has 1 fully saturated rings. The van der Waals surface area contributed by atoms with Crippen molar-refractivity contribution in [2.24, 2.45) is 0 Å². The van der Waals surface area contributed by atoms with Gasteiger partial charge in [0.05, 0.1) is 12.1 Å². The molecule has 1 saturated carbocycles. The van der Waals surface area contributed by atoms with Crippen LogP contribution in [0.5, 0.6) is 0 Å². The number of anilines is 1. The third-order valence-electron chi connectivity index (χ3n) is 4.03. The molecule has 116 valence electrons. The molecule has 1 aromatic carbocycles. The van der Waals surface area contributed by atoms with E-state index in [9.17, 15) is 9.90 Å². The highest BCUT2D eigenvalue weighted by atomic mass is 16.3. The van der Waals surface area contributed by atoms with Crippen molar-refractivity contribution in [2.45, 2.75) is 64.0 Å². The number of amides is 2. The summed E-state index contributed by atoms with van der Waals surface area (Å²) in [5.41, 5.74) is 1.89. The summed E-state index contributed by atoms with van der Waals surface area (Å²) in [7, 11) is 0. The molecule has 21 heavy (non-hydrogen) atoms. The Labute approximate surface area is 126 Å². The number of carbonyl (C=O) groups excluding carboxylic acids is 1. The first-order valence-corrected chi connectivity index (χ1v) is 7.73. The van der Waals surface area contributed by atoms with Gasteiger partial charge in [0.15, 0.2) is 0 Å². The Kier molecular flexibility index (Phi) is 4.88. The Morgan fingerprint density at radius 2 is 1.86 bits per heavy atom. The Bertz CT molecular complexity index is 494. The lowest BCUT2D eigenvalue weighted by Crippen LogP contribution is -2.46. The second-order valence-electron chi connectivity index (χ2n) is 6.85. The van der Waals surface area contributed by atoms with Crippen molar-refractivity contribution in [3.05, 3.63) is 29.8 Å². The number of carbonyl (C=O) groups is 1. The maximum absolute atomic E-state index is 12.2. The molecule has 2 rings (SSSR count). The van der Waals surface area contributed by atoms with Crippen molar-refractivity contribution >= 4 is 11.7 Å². The molecule has 0 saturated heterocycles. The van der Waals surface area contributed by atoms with Crippen LogP contribution in [0.25, 0.3) is 0 Å². The molecule has 4 nitrogen and oxygen atoms in total. The molecular weight excluding hydrogens is 264 g/mol. The SMILES string of the molecule is CC(C)(C)c1ccccc1NC(=O)NC1CCCCC1O. The third-order valence-corrected chi connectivity index (χ3v) is 4.03. The van der Waals surface area contributed by atoms with Crippen molar-refractivity contribution in [1.29, 1.82) is 0 Å². The fraction of sp³-hybridized carbons (Fsp3) is 0.588. The van der Waals surface area contributed by atoms with E-state index >= 15 is 0 Å². The fourth-order valence-corrected chi connectivity index (χ4v) is 2.85. The van der Waals surface area contributed by atoms with Crippen LogP contribution in [-0.4, -0.2) is 23.3 Å². The first kappa shape index (κ1) is 15.8. The first-order valence-electron chi connectivity index (χ1n) is 7.73. The quantitative estimate of drug-likeness (QED) is 0.781. The van der Waals surface area contributed by atoms with Gasteiger partial charge in [-0.1, -0.05) is 51.8 Å². The minimum atomic E-state index is -0.428. The fourth-order valence-electron chi connectivity index (χ4n) is 2.85. The van der Waals surface area contributed by atoms with Crippen LogP contribution in [0.2, 0.25) is 0 Å². The number of hydrogen-bond acceptors (Lipinski definition) is 2. The highest BCUT2D eigenvalue weighted by Crippen LogP contribution is 2.29. The summed E-state index contributed by atoms with van der Waals surface area (Å²) in [6.45, 7) is 6.36. The van der Waals surface area contributed by atoms with Crippen molar-refractivity contribution in [1.82, 2.24) is 5.32 Å². The van der Waals surface area contributed by atoms with Gasteiger partial charge in [-0.3, -0.25) is 0 Å². The minimum absolute atomic E-state index is 0.0335. The van der Waals surface area contributed by atoms with Crippen LogP contribution in [0, 0.1) is 0 Å². The molecule has 0 radical (unpaired) electrons. The number of nitrogens with one attached hydrogen (secondary N) is 2. The van der Waals surface area contributed by atoms with Gasteiger partial charge >= 0.3 is 6.03 Å². The van der Waals surface area contributed by atoms with Gasteiger partial charge in [-0.25, -0.2) is 4.79 Å². The summed E-state index contributed by atoms with van der Waals surface area (Å²) in [6, 6.07) is 7.47. The molecule has 4 heteroatoms. The number of hydrogen-bond donors (Lipinski definition) is 3. The molecule has 0 bridgehead atoms. The molecule has 0 aromatic heterocycles. The van der Waals surface area contributed by atoms with Gasteiger partial charge in [-0.15, -0.1) is 0 Å². The average molecular weight is 290 g/mol. The summed E-state index contributed by atoms with van der Waals surface area (Å²) >= 11 is 0. The van der Waals surface area contributed by atoms with Gasteiger partial charge in [0.2, 0.25) is 0 Å². The van der Waals surface area contributed by atoms with Crippen LogP contribution in [-0.2, 0) is 5.41 Å². The average Bonchev–Trinajstić information content (AvgIpc) is 2.41. The van der Waals surface area contributed by atoms with E-state index in [-0.39, 0.29) is 17.5 Å². The molecule has 0 aliphatic heterocycles. The number of rotatable bonds is 2. The highest BCUT2D eigenvalue weighted by Gasteiger charge is 2.25. The van der Waals surface area contributed by atoms with E-state index in [0.717, 1.165) is 36.9 Å². The van der Waals surface area contributed by atoms with Crippen LogP contribution >= 0.6 is 0 Å². The molecule has 2 amide bonds. The summed E-state index contributed by atoms with van der Waals surface area (Å²) < 4.78 is 0. The largest absolute Gasteiger partial charge is 0.391 e. The van der Waals surface area contributed by atoms with E-state index < -0.39 is 6.10 Å². The maximum atomic E-state index is 12.2. The third kappa shape index (κ3) is 4.21. The number of urea groups is 1. The monoisotopic (exact) mass is 290 g/mol. The summed E-state index contributed by atoms with van der Waals surface area (Å²) in [5, 5.41) is 15.7. The molecule has 0 spiro atoms. The van der Waals surface area contributed by atoms with Gasteiger partial charge in [-0.05, 0) is 29.9 Å². The van der Waals surface area contributed by atoms with Crippen LogP contribution in [0.3, 0.4) is 0 Å². The van der Waals surface area contributed by atoms with E-state index in [2.05, 4.69) is 31.4 Å². The molecule has 1 aliphatic carbocycles. The second-order valence-corrected chi connectivity index (χ2v) is 6.85. The van der Waals surface area contributed by atoms with E-state index in [1.807, 2.05) is 24.3 Å². The Morgan fingerprint density at radius 3 is 2.52 bits per heavy atom. The number of benzene rings is 1. The van der Waals surface area contributed by atoms with Crippen molar-refractivity contribution < 1.29 is 9.90 Å². The number of aliphatic hydroxyl groups is 1. The second kappa shape index (κ2) is 6.48. The van der Waals surface area contributed by atoms with Gasteiger partial charge in [-0.2, -0.15) is 0 Å². The van der Waals surface area contributed by atoms with Gasteiger partial charge in [0.1, 0.15) is 0 Å². The summed E-state index contributed by atoms with van der Waals surface area (Å²) in [6.07, 6.45) is 3.27. The molecular formula is C17H26N2O2. The number of para-hydroxylation sites is 1. The zero-order valence-corrected chi connectivity index (χ0v) is 13.1. The molecule has 3 N–H and O–H groups in total. The standard InChI is InChI=1S/C17H26N2O2/c1-17(2,3)12-8-4-5-9-13(12)18-16(21)19-14-10-6-7-11-15(14)20/h4-5,8-9,14-15,20H,6-7,10-11H2,1-3H3,(H2,18,19,21). The summed E-state index contributed by atoms with van der Waals surface area (Å²) in [4.78, 5) is 12.2. The number of aliphatic hydroxyl groups excluding tert-OH is 1. The normalized spacial score (nSPS) is 22.7. The van der Waals surface area contributed by atoms with E-state index in [1.165, 1.54) is 0 Å². The maximum Gasteiger partial charge on any atom is 0.319 e. The summed E-state index contributed by atoms with van der Waals surface area (Å²) in [5.74, 6) is 0. The molecule has 1 aliphatic rings. The van der Waals surface area contributed by atoms with E-state index in [0.29, 0.717) is 0 Å². The highest BCUT2D eigenvalue weighted by molar-refractivity contribution is 5.90. The van der Waals surface area contributed by atoms with Crippen molar-refractivity contribution in [3.63, 3.8) is 0 Å². The zero-order valence-electron chi connectivity index (χ0n) is 13.1. The van der Waals surface area contributed by atoms with Crippen LogP contribution in [0.1, 0.15) is 52.0 Å². The lowest BCUT2D eigenvalue weighted by Gasteiger charge is -2.29. The zero-order chi connectivity index (χ0) is 15.5. The lowest BCUT2D eigenvalue weighted by molar-refractivity contribution is 0.0955. The van der Waals surface area contributed by atoms with Gasteiger partial charge in [0, 0.05) is 5.69 Å². The lowest BCUT2D eigenvalue weighted by atomic mass is 9.86. The first-order chi connectivity index (χ1) is 9.88. The molecule has 2 unspecified atom stereocenters. The van der Waals surface area contributed by atoms with Crippen molar-refractivity contribution in [3.8, 4) is 0 Å². The predicted molar refractivity (Wildman–Crippen MR) is 85.6 cm³/mol. The van der Waals surface area contributed by atoms with Crippen LogP contribution in [0.4, 0.5) is 10.5 Å². The topological polar surface area (TPSA) is 61.4 Å². The van der Waals surface area contributed by atoms with Gasteiger partial charge in [0.25, 0.3) is 0 Å². The smallest absolute Gasteiger partial charge is 0.319 e. The van der Waals surface area contributed by atoms with E-state index in [4.69, 9.17) is 0 Å². The molecule has 2 atom stereocenters. The van der Waals surface area contributed by atoms with E-state index in [1.54, 1.807) is 0 Å². The Hall–Kier alpha value is -1.55. The van der Waals surface area contributed by atoms with Gasteiger partial charge < -0.3 is 15.7 Å². The molecule has 1 aromatic rings. The predicted octanol–water partition coefficient (Wildman–Crippen LogP) is 3.41. The Morgan fingerprint density at radius 1 is 1.19 bits per heavy atom.